The lowest BCUT2D eigenvalue weighted by molar-refractivity contribution is -0.121. The summed E-state index contributed by atoms with van der Waals surface area (Å²) in [5, 5.41) is 5.60. The second kappa shape index (κ2) is 9.37. The molecule has 4 rings (SSSR count). The highest BCUT2D eigenvalue weighted by molar-refractivity contribution is 5.80. The van der Waals surface area contributed by atoms with Gasteiger partial charge in [0, 0.05) is 12.1 Å². The van der Waals surface area contributed by atoms with E-state index >= 15 is 0 Å². The number of anilines is 1. The molecule has 0 atom stereocenters. The van der Waals surface area contributed by atoms with Crippen molar-refractivity contribution in [1.29, 1.82) is 0 Å². The summed E-state index contributed by atoms with van der Waals surface area (Å²) in [6.45, 7) is -0.138. The molecule has 1 aliphatic carbocycles. The van der Waals surface area contributed by atoms with E-state index in [0.29, 0.717) is 37.3 Å². The quantitative estimate of drug-likeness (QED) is 0.566. The number of ether oxygens (including phenoxy) is 2. The first-order valence-corrected chi connectivity index (χ1v) is 10.2. The average molecular weight is 454 g/mol. The van der Waals surface area contributed by atoms with Crippen LogP contribution in [0.2, 0.25) is 0 Å². The van der Waals surface area contributed by atoms with Crippen molar-refractivity contribution < 1.29 is 31.8 Å². The Hall–Kier alpha value is -2.79. The molecule has 2 fully saturated rings. The number of nitrogens with zero attached hydrogens (tertiary/aromatic N) is 2. The summed E-state index contributed by atoms with van der Waals surface area (Å²) >= 11 is 0. The number of alkyl halides is 3. The maximum Gasteiger partial charge on any atom is 0.266 e. The molecule has 1 aromatic carbocycles. The smallest absolute Gasteiger partial charge is 0.266 e. The molecule has 32 heavy (non-hydrogen) atoms. The van der Waals surface area contributed by atoms with Gasteiger partial charge in [-0.3, -0.25) is 4.79 Å². The number of hydrogen-bond donors (Lipinski definition) is 2. The summed E-state index contributed by atoms with van der Waals surface area (Å²) in [5.41, 5.74) is -0.787. The van der Waals surface area contributed by atoms with Crippen LogP contribution in [0.15, 0.2) is 24.5 Å². The van der Waals surface area contributed by atoms with Gasteiger partial charge in [-0.2, -0.15) is 0 Å². The van der Waals surface area contributed by atoms with Crippen LogP contribution in [0.4, 0.5) is 23.4 Å². The van der Waals surface area contributed by atoms with Gasteiger partial charge in [-0.15, -0.1) is 0 Å². The van der Waals surface area contributed by atoms with Crippen molar-refractivity contribution in [2.45, 2.75) is 44.1 Å². The number of carbonyl (C=O) groups excluding carboxylic acids is 1. The Kier molecular flexibility index (Phi) is 6.56. The standard InChI is InChI=1S/C21H22F4N4O3/c22-10-21(4-5-21)29-15(30)8-14-16(20-31-6-7-32-20)19(28-11-27-14)26-9-12-2-1-3-13(17(12)23)18(24)25/h1-3,11,18,20H,4-10H2,(H,29,30)(H,26,27,28). The lowest BCUT2D eigenvalue weighted by Gasteiger charge is -2.19. The van der Waals surface area contributed by atoms with Gasteiger partial charge in [0.1, 0.15) is 24.6 Å². The fraction of sp³-hybridized carbons (Fsp3) is 0.476. The van der Waals surface area contributed by atoms with E-state index in [-0.39, 0.29) is 24.3 Å². The van der Waals surface area contributed by atoms with Crippen molar-refractivity contribution in [2.24, 2.45) is 0 Å². The maximum atomic E-state index is 14.4. The minimum atomic E-state index is -2.94. The van der Waals surface area contributed by atoms with Gasteiger partial charge in [-0.1, -0.05) is 18.2 Å². The van der Waals surface area contributed by atoms with Crippen molar-refractivity contribution in [1.82, 2.24) is 15.3 Å². The Morgan fingerprint density at radius 2 is 1.97 bits per heavy atom. The number of carbonyl (C=O) groups is 1. The molecule has 1 aromatic heterocycles. The van der Waals surface area contributed by atoms with Crippen molar-refractivity contribution in [2.75, 3.05) is 25.2 Å². The molecule has 0 unspecified atom stereocenters. The van der Waals surface area contributed by atoms with Crippen LogP contribution in [0, 0.1) is 5.82 Å². The molecule has 1 aliphatic heterocycles. The Bertz CT molecular complexity index is 982. The third-order valence-corrected chi connectivity index (χ3v) is 5.46. The summed E-state index contributed by atoms with van der Waals surface area (Å²) in [5.74, 6) is -1.18. The maximum absolute atomic E-state index is 14.4. The second-order valence-electron chi connectivity index (χ2n) is 7.77. The molecule has 2 N–H and O–H groups in total. The Labute approximate surface area is 181 Å². The zero-order valence-corrected chi connectivity index (χ0v) is 17.0. The molecule has 0 spiro atoms. The first-order chi connectivity index (χ1) is 15.4. The van der Waals surface area contributed by atoms with E-state index in [9.17, 15) is 22.4 Å². The molecule has 1 saturated heterocycles. The van der Waals surface area contributed by atoms with Gasteiger partial charge in [-0.25, -0.2) is 27.5 Å². The highest BCUT2D eigenvalue weighted by atomic mass is 19.3. The third-order valence-electron chi connectivity index (χ3n) is 5.46. The van der Waals surface area contributed by atoms with Crippen LogP contribution < -0.4 is 10.6 Å². The SMILES string of the molecule is O=C(Cc1ncnc(NCc2cccc(C(F)F)c2F)c1C1OCCO1)NC1(CF)CC1. The average Bonchev–Trinajstić information content (AvgIpc) is 3.32. The van der Waals surface area contributed by atoms with Crippen molar-refractivity contribution >= 4 is 11.7 Å². The minimum Gasteiger partial charge on any atom is -0.365 e. The third kappa shape index (κ3) is 4.83. The predicted octanol–water partition coefficient (Wildman–Crippen LogP) is 3.37. The van der Waals surface area contributed by atoms with E-state index in [0.717, 1.165) is 6.07 Å². The van der Waals surface area contributed by atoms with Crippen LogP contribution >= 0.6 is 0 Å². The topological polar surface area (TPSA) is 85.4 Å². The number of hydrogen-bond acceptors (Lipinski definition) is 6. The number of amides is 1. The highest BCUT2D eigenvalue weighted by Gasteiger charge is 2.44. The Morgan fingerprint density at radius 3 is 2.62 bits per heavy atom. The van der Waals surface area contributed by atoms with E-state index in [2.05, 4.69) is 20.6 Å². The van der Waals surface area contributed by atoms with E-state index in [1.165, 1.54) is 18.5 Å². The minimum absolute atomic E-state index is 0.0264. The van der Waals surface area contributed by atoms with Gasteiger partial charge >= 0.3 is 0 Å². The molecule has 11 heteroatoms. The molecule has 1 amide bonds. The monoisotopic (exact) mass is 454 g/mol. The normalized spacial score (nSPS) is 17.5. The van der Waals surface area contributed by atoms with Gasteiger partial charge in [-0.05, 0) is 12.8 Å². The van der Waals surface area contributed by atoms with Crippen LogP contribution in [-0.2, 0) is 27.2 Å². The van der Waals surface area contributed by atoms with Gasteiger partial charge < -0.3 is 20.1 Å². The predicted molar refractivity (Wildman–Crippen MR) is 105 cm³/mol. The summed E-state index contributed by atoms with van der Waals surface area (Å²) in [6.07, 6.45) is -1.57. The lowest BCUT2D eigenvalue weighted by Crippen LogP contribution is -2.39. The number of rotatable bonds is 9. The van der Waals surface area contributed by atoms with Crippen LogP contribution in [0.1, 0.15) is 47.9 Å². The zero-order valence-electron chi connectivity index (χ0n) is 17.0. The fourth-order valence-corrected chi connectivity index (χ4v) is 3.51. The van der Waals surface area contributed by atoms with Crippen LogP contribution in [0.3, 0.4) is 0 Å². The molecule has 7 nitrogen and oxygen atoms in total. The molecule has 2 aliphatic rings. The molecular weight excluding hydrogens is 432 g/mol. The van der Waals surface area contributed by atoms with Gasteiger partial charge in [0.15, 0.2) is 6.29 Å². The number of benzene rings is 1. The van der Waals surface area contributed by atoms with E-state index in [1.54, 1.807) is 0 Å². The second-order valence-corrected chi connectivity index (χ2v) is 7.77. The molecule has 2 heterocycles. The van der Waals surface area contributed by atoms with E-state index in [4.69, 9.17) is 9.47 Å². The van der Waals surface area contributed by atoms with Crippen LogP contribution in [0.25, 0.3) is 0 Å². The molecule has 0 bridgehead atoms. The lowest BCUT2D eigenvalue weighted by atomic mass is 10.1. The summed E-state index contributed by atoms with van der Waals surface area (Å²) in [4.78, 5) is 20.8. The summed E-state index contributed by atoms with van der Waals surface area (Å²) in [6, 6.07) is 3.76. The number of aromatic nitrogens is 2. The first-order valence-electron chi connectivity index (χ1n) is 10.2. The van der Waals surface area contributed by atoms with Crippen LogP contribution in [-0.4, -0.2) is 41.3 Å². The fourth-order valence-electron chi connectivity index (χ4n) is 3.51. The van der Waals surface area contributed by atoms with Crippen LogP contribution in [0.5, 0.6) is 0 Å². The van der Waals surface area contributed by atoms with Gasteiger partial charge in [0.25, 0.3) is 6.43 Å². The van der Waals surface area contributed by atoms with Crippen molar-refractivity contribution in [3.8, 4) is 0 Å². The summed E-state index contributed by atoms with van der Waals surface area (Å²) in [7, 11) is 0. The van der Waals surface area contributed by atoms with E-state index in [1.807, 2.05) is 0 Å². The van der Waals surface area contributed by atoms with Gasteiger partial charge in [0.05, 0.1) is 42.0 Å². The first kappa shape index (κ1) is 22.4. The Morgan fingerprint density at radius 1 is 1.22 bits per heavy atom. The van der Waals surface area contributed by atoms with Gasteiger partial charge in [0.2, 0.25) is 5.91 Å². The molecule has 2 aromatic rings. The van der Waals surface area contributed by atoms with E-state index < -0.39 is 42.2 Å². The highest BCUT2D eigenvalue weighted by Crippen LogP contribution is 2.36. The summed E-state index contributed by atoms with van der Waals surface area (Å²) < 4.78 is 64.6. The molecule has 172 valence electrons. The Balaban J connectivity index is 1.56. The molecule has 1 saturated carbocycles. The number of nitrogens with one attached hydrogen (secondary N) is 2. The largest absolute Gasteiger partial charge is 0.365 e. The van der Waals surface area contributed by atoms with Crippen molar-refractivity contribution in [3.05, 3.63) is 52.7 Å². The van der Waals surface area contributed by atoms with Crippen molar-refractivity contribution in [3.63, 3.8) is 0 Å². The number of halogens is 4. The molecule has 0 radical (unpaired) electrons. The zero-order chi connectivity index (χ0) is 22.7. The molecular formula is C21H22F4N4O3.